The zero-order chi connectivity index (χ0) is 56.2. The van der Waals surface area contributed by atoms with E-state index in [9.17, 15) is 49.3 Å². The fourth-order valence-corrected chi connectivity index (χ4v) is 11.0. The molecule has 0 radical (unpaired) electrons. The maximum Gasteiger partial charge on any atom is 0.415 e. The van der Waals surface area contributed by atoms with Gasteiger partial charge in [-0.3, -0.25) is 19.2 Å². The molecule has 3 aliphatic rings. The van der Waals surface area contributed by atoms with Crippen molar-refractivity contribution in [3.63, 3.8) is 0 Å². The number of carbonyl (C=O) groups excluding carboxylic acids is 6. The lowest BCUT2D eigenvalue weighted by Gasteiger charge is -2.46. The van der Waals surface area contributed by atoms with Crippen LogP contribution in [0.4, 0.5) is 4.79 Å². The van der Waals surface area contributed by atoms with Gasteiger partial charge in [0.1, 0.15) is 40.6 Å². The van der Waals surface area contributed by atoms with Crippen molar-refractivity contribution in [3.8, 4) is 34.8 Å². The van der Waals surface area contributed by atoms with Gasteiger partial charge in [-0.2, -0.15) is 5.26 Å². The molecule has 4 aromatic carbocycles. The number of nitrogens with one attached hydrogen (secondary N) is 2. The van der Waals surface area contributed by atoms with Crippen LogP contribution in [0.3, 0.4) is 0 Å². The summed E-state index contributed by atoms with van der Waals surface area (Å²) in [4.78, 5) is 86.3. The number of hydrogen-bond acceptors (Lipinski definition) is 17. The zero-order valence-corrected chi connectivity index (χ0v) is 44.7. The first kappa shape index (κ1) is 55.9. The highest BCUT2D eigenvalue weighted by atomic mass is 32.1. The van der Waals surface area contributed by atoms with Crippen molar-refractivity contribution in [2.45, 2.75) is 58.0 Å². The molecular weight excluding hydrogens is 1020 g/mol. The molecular formula is C57H60N6O14S. The number of aromatic nitrogens is 1. The van der Waals surface area contributed by atoms with Crippen LogP contribution in [0.5, 0.6) is 28.7 Å². The van der Waals surface area contributed by atoms with Gasteiger partial charge in [-0.05, 0) is 49.2 Å². The van der Waals surface area contributed by atoms with Crippen molar-refractivity contribution in [2.75, 3.05) is 66.2 Å². The Hall–Kier alpha value is -8.32. The molecule has 3 unspecified atom stereocenters. The summed E-state index contributed by atoms with van der Waals surface area (Å²) in [5, 5.41) is 47.4. The Labute approximate surface area is 453 Å². The fraction of sp³-hybridized carbons (Fsp3) is 0.368. The van der Waals surface area contributed by atoms with Gasteiger partial charge in [0, 0.05) is 121 Å². The van der Waals surface area contributed by atoms with E-state index in [2.05, 4.69) is 28.8 Å². The largest absolute Gasteiger partial charge is 0.508 e. The number of ether oxygens (including phenoxy) is 5. The second kappa shape index (κ2) is 23.1. The van der Waals surface area contributed by atoms with Gasteiger partial charge in [-0.15, -0.1) is 11.3 Å². The third kappa shape index (κ3) is 11.5. The molecule has 0 bridgehead atoms. The van der Waals surface area contributed by atoms with Crippen LogP contribution in [0, 0.1) is 30.1 Å². The molecule has 2 aliphatic heterocycles. The molecule has 0 saturated heterocycles. The number of rotatable bonds is 20. The number of allylic oxidation sites excluding steroid dienone is 1. The lowest BCUT2D eigenvalue weighted by Crippen LogP contribution is -2.47. The molecule has 408 valence electrons. The van der Waals surface area contributed by atoms with Crippen LogP contribution in [-0.4, -0.2) is 132 Å². The van der Waals surface area contributed by atoms with Crippen molar-refractivity contribution in [1.82, 2.24) is 25.4 Å². The highest BCUT2D eigenvalue weighted by molar-refractivity contribution is 7.19. The average Bonchev–Trinajstić information content (AvgIpc) is 4.16. The summed E-state index contributed by atoms with van der Waals surface area (Å²) in [6.07, 6.45) is 0.872. The van der Waals surface area contributed by atoms with Gasteiger partial charge in [0.25, 0.3) is 5.91 Å². The number of thiazole rings is 1. The molecule has 8 rings (SSSR count). The van der Waals surface area contributed by atoms with Gasteiger partial charge in [0.2, 0.25) is 11.8 Å². The maximum atomic E-state index is 13.6. The molecule has 4 amide bonds. The summed E-state index contributed by atoms with van der Waals surface area (Å²) < 4.78 is 30.1. The smallest absolute Gasteiger partial charge is 0.415 e. The molecule has 1 spiro atoms. The molecule has 20 nitrogen and oxygen atoms in total. The van der Waals surface area contributed by atoms with Crippen LogP contribution < -0.4 is 30.5 Å². The zero-order valence-electron chi connectivity index (χ0n) is 43.9. The normalized spacial score (nSPS) is 17.2. The van der Waals surface area contributed by atoms with Crippen LogP contribution in [0.2, 0.25) is 0 Å². The Bertz CT molecular complexity index is 3420. The number of likely N-dealkylation sites (N-methyl/N-ethyl adjacent to an activating group) is 1. The SMILES string of the molecule is C=c1c(C)c(O)c(=C)c(C(C)(C)CC(=O)N(C)CCN(CCOCCOCCC(=O)NCCNC(=O)c2ccc3c(c2)C(=O)OC32c3ccc(O)cc3OC3=CC(=O)CC(C)C32)C(=O)Oc2ccc3nc(C#N)sc3c2)c1O. The molecule has 1 aliphatic carbocycles. The first-order chi connectivity index (χ1) is 37.1. The number of phenolic OH excluding ortho intramolecular Hbond substituents is 3. The molecule has 0 fully saturated rings. The topological polar surface area (TPSA) is 276 Å². The predicted octanol–water partition coefficient (Wildman–Crippen LogP) is 4.93. The van der Waals surface area contributed by atoms with E-state index in [0.29, 0.717) is 38.2 Å². The van der Waals surface area contributed by atoms with Crippen molar-refractivity contribution in [3.05, 3.63) is 115 Å². The highest BCUT2D eigenvalue weighted by Crippen LogP contribution is 2.59. The van der Waals surface area contributed by atoms with Gasteiger partial charge >= 0.3 is 12.1 Å². The minimum atomic E-state index is -1.36. The predicted molar refractivity (Wildman–Crippen MR) is 285 cm³/mol. The van der Waals surface area contributed by atoms with E-state index >= 15 is 0 Å². The number of esters is 1. The van der Waals surface area contributed by atoms with Gasteiger partial charge in [-0.1, -0.05) is 40.0 Å². The average molecular weight is 1090 g/mol. The number of fused-ring (bicyclic) bond motifs is 7. The van der Waals surface area contributed by atoms with E-state index in [-0.39, 0.29) is 157 Å². The number of nitrogens with zero attached hydrogens (tertiary/aromatic N) is 4. The van der Waals surface area contributed by atoms with E-state index in [1.54, 1.807) is 64.2 Å². The molecule has 3 heterocycles. The quantitative estimate of drug-likeness (QED) is 0.0393. The van der Waals surface area contributed by atoms with Gasteiger partial charge < -0.3 is 59.4 Å². The second-order valence-corrected chi connectivity index (χ2v) is 21.1. The number of amides is 4. The van der Waals surface area contributed by atoms with E-state index in [4.69, 9.17) is 23.7 Å². The first-order valence-corrected chi connectivity index (χ1v) is 26.0. The Morgan fingerprint density at radius 3 is 2.41 bits per heavy atom. The number of carbonyl (C=O) groups is 6. The summed E-state index contributed by atoms with van der Waals surface area (Å²) in [5.41, 5.74) is 0.382. The minimum absolute atomic E-state index is 0.0251. The highest BCUT2D eigenvalue weighted by Gasteiger charge is 2.60. The van der Waals surface area contributed by atoms with Crippen LogP contribution >= 0.6 is 11.3 Å². The fourth-order valence-electron chi connectivity index (χ4n) is 10.2. The molecule has 1 aromatic heterocycles. The minimum Gasteiger partial charge on any atom is -0.508 e. The van der Waals surface area contributed by atoms with E-state index in [1.165, 1.54) is 34.1 Å². The number of ketones is 1. The summed E-state index contributed by atoms with van der Waals surface area (Å²) in [7, 11) is 1.59. The molecule has 3 atom stereocenters. The third-order valence-corrected chi connectivity index (χ3v) is 15.1. The standard InChI is InChI=1S/C57H60N6O14S/c1-31-24-37(65)27-44-49(31)57(41-12-9-36(64)26-43(41)76-44)40-11-8-35(25-39(40)54(71)77-57)53(70)60-16-15-59-46(66)14-20-73-22-23-74-21-19-63(55(72)75-38-10-13-42-45(28-38)78-47(30-58)61-42)18-17-62(7)48(67)29-56(5,6)50-34(4)51(68)32(2)33(3)52(50)69/h8-13,25-28,31,49,64,68-69H,3-4,14-24,29H2,1-2,5-7H3,(H,59,66)(H,60,70). The van der Waals surface area contributed by atoms with Crippen molar-refractivity contribution in [2.24, 2.45) is 11.8 Å². The third-order valence-electron chi connectivity index (χ3n) is 14.2. The number of hydrogen-bond donors (Lipinski definition) is 5. The van der Waals surface area contributed by atoms with Crippen LogP contribution in [0.25, 0.3) is 23.4 Å². The monoisotopic (exact) mass is 1080 g/mol. The molecule has 78 heavy (non-hydrogen) atoms. The van der Waals surface area contributed by atoms with E-state index in [0.717, 1.165) is 11.3 Å². The maximum absolute atomic E-state index is 13.6. The molecule has 5 aromatic rings. The lowest BCUT2D eigenvalue weighted by atomic mass is 9.65. The Morgan fingerprint density at radius 2 is 1.65 bits per heavy atom. The van der Waals surface area contributed by atoms with Crippen LogP contribution in [0.1, 0.15) is 88.0 Å². The summed E-state index contributed by atoms with van der Waals surface area (Å²) in [5.74, 6) is -2.17. The summed E-state index contributed by atoms with van der Waals surface area (Å²) in [6.45, 7) is 15.7. The number of phenols is 3. The number of benzene rings is 4. The van der Waals surface area contributed by atoms with Crippen LogP contribution in [-0.2, 0) is 39.6 Å². The molecule has 0 saturated carbocycles. The lowest BCUT2D eigenvalue weighted by molar-refractivity contribution is -0.131. The first-order valence-electron chi connectivity index (χ1n) is 25.2. The van der Waals surface area contributed by atoms with Gasteiger partial charge in [0.05, 0.1) is 48.1 Å². The van der Waals surface area contributed by atoms with Crippen LogP contribution in [0.15, 0.2) is 66.4 Å². The Morgan fingerprint density at radius 1 is 0.923 bits per heavy atom. The van der Waals surface area contributed by atoms with Crippen molar-refractivity contribution < 1.29 is 67.8 Å². The molecule has 21 heteroatoms. The van der Waals surface area contributed by atoms with E-state index in [1.807, 2.05) is 13.0 Å². The summed E-state index contributed by atoms with van der Waals surface area (Å²) in [6, 6.07) is 16.1. The number of nitriles is 1. The Kier molecular flexibility index (Phi) is 16.6. The van der Waals surface area contributed by atoms with Gasteiger partial charge in [-0.25, -0.2) is 14.6 Å². The van der Waals surface area contributed by atoms with Crippen molar-refractivity contribution in [1.29, 1.82) is 5.26 Å². The van der Waals surface area contributed by atoms with Crippen molar-refractivity contribution >= 4 is 70.3 Å². The molecule has 5 N–H and O–H groups in total. The van der Waals surface area contributed by atoms with E-state index < -0.39 is 34.9 Å². The Balaban J connectivity index is 0.778. The van der Waals surface area contributed by atoms with Gasteiger partial charge in [0.15, 0.2) is 16.4 Å². The summed E-state index contributed by atoms with van der Waals surface area (Å²) >= 11 is 1.16. The second-order valence-electron chi connectivity index (χ2n) is 20.1. The number of aromatic hydroxyl groups is 3.